The second-order valence-electron chi connectivity index (χ2n) is 5.75. The Morgan fingerprint density at radius 2 is 2.10 bits per heavy atom. The van der Waals surface area contributed by atoms with Crippen molar-refractivity contribution in [1.29, 1.82) is 0 Å². The number of para-hydroxylation sites is 1. The number of piperazine rings is 1. The molecule has 1 aliphatic heterocycles. The lowest BCUT2D eigenvalue weighted by molar-refractivity contribution is -0.131. The van der Waals surface area contributed by atoms with Gasteiger partial charge in [-0.05, 0) is 18.1 Å². The van der Waals surface area contributed by atoms with Crippen molar-refractivity contribution in [1.82, 2.24) is 10.2 Å². The molecule has 1 aromatic rings. The molecule has 116 valence electrons. The van der Waals surface area contributed by atoms with Crippen molar-refractivity contribution in [2.45, 2.75) is 26.0 Å². The summed E-state index contributed by atoms with van der Waals surface area (Å²) in [5, 5.41) is 13.0. The molecular weight excluding hydrogens is 268 g/mol. The highest BCUT2D eigenvalue weighted by atomic mass is 16.5. The van der Waals surface area contributed by atoms with Gasteiger partial charge in [-0.25, -0.2) is 0 Å². The summed E-state index contributed by atoms with van der Waals surface area (Å²) >= 11 is 0. The number of β-amino-alcohol motifs (C(OH)–C–C–N with tert-alkyl or cyclic N) is 1. The van der Waals surface area contributed by atoms with E-state index in [-0.39, 0.29) is 24.5 Å². The summed E-state index contributed by atoms with van der Waals surface area (Å²) in [5.41, 5.74) is 0. The lowest BCUT2D eigenvalue weighted by Gasteiger charge is -2.38. The minimum atomic E-state index is -0.614. The van der Waals surface area contributed by atoms with Crippen LogP contribution in [-0.4, -0.2) is 54.3 Å². The number of aliphatic hydroxyl groups excluding tert-OH is 1. The van der Waals surface area contributed by atoms with Crippen LogP contribution in [0.3, 0.4) is 0 Å². The van der Waals surface area contributed by atoms with E-state index in [4.69, 9.17) is 4.74 Å². The number of nitrogens with zero attached hydrogens (tertiary/aromatic N) is 1. The van der Waals surface area contributed by atoms with Crippen molar-refractivity contribution in [2.24, 2.45) is 5.92 Å². The number of ether oxygens (including phenoxy) is 1. The van der Waals surface area contributed by atoms with Crippen molar-refractivity contribution in [2.75, 3.05) is 26.2 Å². The molecule has 0 bridgehead atoms. The van der Waals surface area contributed by atoms with Gasteiger partial charge in [0.05, 0.1) is 6.04 Å². The van der Waals surface area contributed by atoms with Gasteiger partial charge in [-0.3, -0.25) is 9.69 Å². The number of amides is 1. The lowest BCUT2D eigenvalue weighted by Crippen LogP contribution is -2.59. The molecule has 21 heavy (non-hydrogen) atoms. The molecule has 1 amide bonds. The first-order valence-corrected chi connectivity index (χ1v) is 7.45. The lowest BCUT2D eigenvalue weighted by atomic mass is 9.99. The summed E-state index contributed by atoms with van der Waals surface area (Å²) in [5.74, 6) is 1.01. The topological polar surface area (TPSA) is 61.8 Å². The number of benzene rings is 1. The van der Waals surface area contributed by atoms with Crippen molar-refractivity contribution < 1.29 is 14.6 Å². The first-order chi connectivity index (χ1) is 10.1. The van der Waals surface area contributed by atoms with E-state index in [1.165, 1.54) is 0 Å². The van der Waals surface area contributed by atoms with Gasteiger partial charge in [0.2, 0.25) is 5.91 Å². The number of aliphatic hydroxyl groups is 1. The molecule has 0 saturated carbocycles. The third-order valence-corrected chi connectivity index (χ3v) is 3.62. The van der Waals surface area contributed by atoms with Crippen LogP contribution in [0.15, 0.2) is 30.3 Å². The summed E-state index contributed by atoms with van der Waals surface area (Å²) in [6, 6.07) is 9.25. The fourth-order valence-electron chi connectivity index (χ4n) is 2.69. The normalized spacial score (nSPS) is 21.1. The fraction of sp³-hybridized carbons (Fsp3) is 0.562. The average molecular weight is 292 g/mol. The summed E-state index contributed by atoms with van der Waals surface area (Å²) in [7, 11) is 0. The van der Waals surface area contributed by atoms with Crippen molar-refractivity contribution >= 4 is 5.91 Å². The number of carbonyl (C=O) groups excluding carboxylic acids is 1. The molecule has 0 spiro atoms. The maximum absolute atomic E-state index is 11.9. The summed E-state index contributed by atoms with van der Waals surface area (Å²) < 4.78 is 5.55. The molecule has 2 rings (SSSR count). The first-order valence-electron chi connectivity index (χ1n) is 7.45. The Kier molecular flexibility index (Phi) is 5.59. The summed E-state index contributed by atoms with van der Waals surface area (Å²) in [4.78, 5) is 14.0. The first kappa shape index (κ1) is 15.8. The molecule has 5 nitrogen and oxygen atoms in total. The Labute approximate surface area is 125 Å². The number of rotatable bonds is 6. The molecule has 5 heteroatoms. The minimum Gasteiger partial charge on any atom is -0.491 e. The standard InChI is InChI=1S/C16H24N2O3/c1-12(2)15-16(20)17-8-9-18(15)10-13(19)11-21-14-6-4-3-5-7-14/h3-7,12-13,15,19H,8-11H2,1-2H3,(H,17,20). The van der Waals surface area contributed by atoms with Crippen LogP contribution >= 0.6 is 0 Å². The second kappa shape index (κ2) is 7.43. The van der Waals surface area contributed by atoms with Gasteiger partial charge in [-0.2, -0.15) is 0 Å². The Bertz CT molecular complexity index is 450. The van der Waals surface area contributed by atoms with Crippen LogP contribution in [0, 0.1) is 5.92 Å². The molecule has 2 atom stereocenters. The van der Waals surface area contributed by atoms with Crippen LogP contribution < -0.4 is 10.1 Å². The molecule has 1 aliphatic rings. The predicted octanol–water partition coefficient (Wildman–Crippen LogP) is 0.883. The van der Waals surface area contributed by atoms with E-state index in [0.29, 0.717) is 13.1 Å². The predicted molar refractivity (Wildman–Crippen MR) is 81.2 cm³/mol. The summed E-state index contributed by atoms with van der Waals surface area (Å²) in [6.07, 6.45) is -0.614. The largest absolute Gasteiger partial charge is 0.491 e. The fourth-order valence-corrected chi connectivity index (χ4v) is 2.69. The van der Waals surface area contributed by atoms with E-state index < -0.39 is 6.10 Å². The number of nitrogens with one attached hydrogen (secondary N) is 1. The van der Waals surface area contributed by atoms with Crippen LogP contribution in [0.1, 0.15) is 13.8 Å². The highest BCUT2D eigenvalue weighted by molar-refractivity contribution is 5.82. The Hall–Kier alpha value is -1.59. The van der Waals surface area contributed by atoms with Gasteiger partial charge < -0.3 is 15.2 Å². The molecule has 1 heterocycles. The van der Waals surface area contributed by atoms with Crippen LogP contribution in [-0.2, 0) is 4.79 Å². The van der Waals surface area contributed by atoms with E-state index in [9.17, 15) is 9.90 Å². The highest BCUT2D eigenvalue weighted by Gasteiger charge is 2.33. The number of hydrogen-bond acceptors (Lipinski definition) is 4. The molecule has 2 unspecified atom stereocenters. The van der Waals surface area contributed by atoms with E-state index in [0.717, 1.165) is 12.3 Å². The van der Waals surface area contributed by atoms with Gasteiger partial charge in [0, 0.05) is 19.6 Å². The van der Waals surface area contributed by atoms with E-state index in [2.05, 4.69) is 5.32 Å². The SMILES string of the molecule is CC(C)C1C(=O)NCCN1CC(O)COc1ccccc1. The maximum atomic E-state index is 11.9. The molecule has 0 radical (unpaired) electrons. The zero-order valence-electron chi connectivity index (χ0n) is 12.7. The quantitative estimate of drug-likeness (QED) is 0.817. The minimum absolute atomic E-state index is 0.0485. The third kappa shape index (κ3) is 4.44. The van der Waals surface area contributed by atoms with E-state index >= 15 is 0 Å². The smallest absolute Gasteiger partial charge is 0.237 e. The Morgan fingerprint density at radius 1 is 1.38 bits per heavy atom. The van der Waals surface area contributed by atoms with Crippen LogP contribution in [0.5, 0.6) is 5.75 Å². The van der Waals surface area contributed by atoms with Crippen LogP contribution in [0.25, 0.3) is 0 Å². The van der Waals surface area contributed by atoms with E-state index in [1.54, 1.807) is 0 Å². The zero-order chi connectivity index (χ0) is 15.2. The van der Waals surface area contributed by atoms with Gasteiger partial charge in [0.25, 0.3) is 0 Å². The number of carbonyl (C=O) groups is 1. The molecule has 1 fully saturated rings. The van der Waals surface area contributed by atoms with Crippen molar-refractivity contribution in [3.05, 3.63) is 30.3 Å². The van der Waals surface area contributed by atoms with E-state index in [1.807, 2.05) is 49.1 Å². The van der Waals surface area contributed by atoms with Crippen LogP contribution in [0.2, 0.25) is 0 Å². The second-order valence-corrected chi connectivity index (χ2v) is 5.75. The Balaban J connectivity index is 1.85. The van der Waals surface area contributed by atoms with Crippen LogP contribution in [0.4, 0.5) is 0 Å². The highest BCUT2D eigenvalue weighted by Crippen LogP contribution is 2.15. The maximum Gasteiger partial charge on any atom is 0.237 e. The van der Waals surface area contributed by atoms with Crippen molar-refractivity contribution in [3.8, 4) is 5.75 Å². The molecule has 0 aliphatic carbocycles. The van der Waals surface area contributed by atoms with Gasteiger partial charge in [0.15, 0.2) is 0 Å². The Morgan fingerprint density at radius 3 is 2.76 bits per heavy atom. The van der Waals surface area contributed by atoms with Crippen molar-refractivity contribution in [3.63, 3.8) is 0 Å². The number of hydrogen-bond donors (Lipinski definition) is 2. The molecule has 1 aromatic carbocycles. The average Bonchev–Trinajstić information content (AvgIpc) is 2.46. The molecule has 1 saturated heterocycles. The van der Waals surface area contributed by atoms with Gasteiger partial charge in [0.1, 0.15) is 18.5 Å². The monoisotopic (exact) mass is 292 g/mol. The molecule has 0 aromatic heterocycles. The van der Waals surface area contributed by atoms with Gasteiger partial charge in [-0.15, -0.1) is 0 Å². The molecular formula is C16H24N2O3. The third-order valence-electron chi connectivity index (χ3n) is 3.62. The van der Waals surface area contributed by atoms with Gasteiger partial charge >= 0.3 is 0 Å². The summed E-state index contributed by atoms with van der Waals surface area (Å²) in [6.45, 7) is 6.12. The zero-order valence-corrected chi connectivity index (χ0v) is 12.7. The molecule has 2 N–H and O–H groups in total. The van der Waals surface area contributed by atoms with Gasteiger partial charge in [-0.1, -0.05) is 32.0 Å².